The van der Waals surface area contributed by atoms with E-state index in [1.54, 1.807) is 7.05 Å². The number of guanidine groups is 1. The van der Waals surface area contributed by atoms with Crippen molar-refractivity contribution in [3.8, 4) is 0 Å². The van der Waals surface area contributed by atoms with Crippen LogP contribution in [0, 0.1) is 0 Å². The van der Waals surface area contributed by atoms with E-state index in [0.29, 0.717) is 6.54 Å². The molecule has 20 heavy (non-hydrogen) atoms. The monoisotopic (exact) mass is 274 g/mol. The lowest BCUT2D eigenvalue weighted by Gasteiger charge is -2.22. The molecular weight excluding hydrogens is 252 g/mol. The van der Waals surface area contributed by atoms with Crippen molar-refractivity contribution in [1.29, 1.82) is 0 Å². The lowest BCUT2D eigenvalue weighted by Crippen LogP contribution is -2.45. The molecule has 108 valence electrons. The van der Waals surface area contributed by atoms with Crippen LogP contribution >= 0.6 is 0 Å². The lowest BCUT2D eigenvalue weighted by molar-refractivity contribution is -0.119. The first-order valence-electron chi connectivity index (χ1n) is 7.09. The Morgan fingerprint density at radius 1 is 1.35 bits per heavy atom. The molecular formula is C15H22N4O. The minimum absolute atomic E-state index is 0.000446. The summed E-state index contributed by atoms with van der Waals surface area (Å²) < 4.78 is 0. The molecule has 2 rings (SSSR count). The van der Waals surface area contributed by atoms with Crippen molar-refractivity contribution < 1.29 is 4.79 Å². The molecule has 1 aliphatic heterocycles. The molecule has 1 aromatic rings. The number of rotatable bonds is 4. The van der Waals surface area contributed by atoms with Crippen molar-refractivity contribution in [2.75, 3.05) is 31.6 Å². The van der Waals surface area contributed by atoms with E-state index in [1.807, 2.05) is 13.0 Å². The predicted octanol–water partition coefficient (Wildman–Crippen LogP) is 1.15. The maximum absolute atomic E-state index is 11.6. The summed E-state index contributed by atoms with van der Waals surface area (Å²) in [6, 6.07) is 8.30. The first-order valence-corrected chi connectivity index (χ1v) is 7.09. The molecule has 1 aliphatic rings. The first kappa shape index (κ1) is 14.4. The standard InChI is InChI=1S/C15H22N4O/c1-3-9-17-14(20)11-18-15(16-2)19-10-8-12-6-4-5-7-13(12)19/h4-7H,3,8-11H2,1-2H3,(H,16,18)(H,17,20). The Morgan fingerprint density at radius 3 is 2.90 bits per heavy atom. The molecule has 5 heteroatoms. The molecule has 0 aromatic heterocycles. The SMILES string of the molecule is CCCNC(=O)CNC(=NC)N1CCc2ccccc21. The predicted molar refractivity (Wildman–Crippen MR) is 82.2 cm³/mol. The Hall–Kier alpha value is -2.04. The second-order valence-electron chi connectivity index (χ2n) is 4.78. The molecule has 1 heterocycles. The highest BCUT2D eigenvalue weighted by atomic mass is 16.1. The zero-order chi connectivity index (χ0) is 14.4. The molecule has 1 amide bonds. The lowest BCUT2D eigenvalue weighted by atomic mass is 10.2. The maximum Gasteiger partial charge on any atom is 0.239 e. The summed E-state index contributed by atoms with van der Waals surface area (Å²) in [4.78, 5) is 18.0. The molecule has 0 spiro atoms. The zero-order valence-corrected chi connectivity index (χ0v) is 12.1. The van der Waals surface area contributed by atoms with Gasteiger partial charge in [-0.25, -0.2) is 0 Å². The van der Waals surface area contributed by atoms with Crippen molar-refractivity contribution in [1.82, 2.24) is 10.6 Å². The number of carbonyl (C=O) groups excluding carboxylic acids is 1. The molecule has 2 N–H and O–H groups in total. The number of hydrogen-bond acceptors (Lipinski definition) is 2. The molecule has 0 saturated heterocycles. The third kappa shape index (κ3) is 3.29. The summed E-state index contributed by atoms with van der Waals surface area (Å²) in [6.45, 7) is 3.90. The summed E-state index contributed by atoms with van der Waals surface area (Å²) >= 11 is 0. The van der Waals surface area contributed by atoms with E-state index in [9.17, 15) is 4.79 Å². The minimum atomic E-state index is 0.000446. The van der Waals surface area contributed by atoms with Crippen LogP contribution in [0.15, 0.2) is 29.3 Å². The molecule has 0 unspecified atom stereocenters. The normalized spacial score (nSPS) is 14.1. The number of hydrogen-bond donors (Lipinski definition) is 2. The Labute approximate surface area is 120 Å². The van der Waals surface area contributed by atoms with Crippen LogP contribution in [0.1, 0.15) is 18.9 Å². The van der Waals surface area contributed by atoms with Gasteiger partial charge in [0.1, 0.15) is 0 Å². The largest absolute Gasteiger partial charge is 0.355 e. The molecule has 0 fully saturated rings. The van der Waals surface area contributed by atoms with Crippen molar-refractivity contribution >= 4 is 17.6 Å². The number of anilines is 1. The van der Waals surface area contributed by atoms with Crippen LogP contribution in [0.5, 0.6) is 0 Å². The van der Waals surface area contributed by atoms with E-state index in [4.69, 9.17) is 0 Å². The summed E-state index contributed by atoms with van der Waals surface area (Å²) in [5.41, 5.74) is 2.50. The third-order valence-electron chi connectivity index (χ3n) is 3.33. The van der Waals surface area contributed by atoms with Gasteiger partial charge in [0.25, 0.3) is 0 Å². The smallest absolute Gasteiger partial charge is 0.239 e. The Kier molecular flexibility index (Phi) is 4.98. The summed E-state index contributed by atoms with van der Waals surface area (Å²) in [5, 5.41) is 5.97. The summed E-state index contributed by atoms with van der Waals surface area (Å²) in [5.74, 6) is 0.752. The van der Waals surface area contributed by atoms with Gasteiger partial charge in [0.2, 0.25) is 5.91 Å². The maximum atomic E-state index is 11.6. The summed E-state index contributed by atoms with van der Waals surface area (Å²) in [6.07, 6.45) is 1.96. The molecule has 0 bridgehead atoms. The molecule has 0 atom stereocenters. The second kappa shape index (κ2) is 6.93. The van der Waals surface area contributed by atoms with Gasteiger partial charge in [0.05, 0.1) is 6.54 Å². The van der Waals surface area contributed by atoms with Crippen LogP contribution in [0.3, 0.4) is 0 Å². The molecule has 1 aromatic carbocycles. The van der Waals surface area contributed by atoms with Crippen LogP contribution < -0.4 is 15.5 Å². The van der Waals surface area contributed by atoms with E-state index >= 15 is 0 Å². The van der Waals surface area contributed by atoms with Gasteiger partial charge >= 0.3 is 0 Å². The highest BCUT2D eigenvalue weighted by Gasteiger charge is 2.22. The van der Waals surface area contributed by atoms with Crippen molar-refractivity contribution in [2.45, 2.75) is 19.8 Å². The number of benzene rings is 1. The number of nitrogens with one attached hydrogen (secondary N) is 2. The van der Waals surface area contributed by atoms with Gasteiger partial charge in [-0.1, -0.05) is 25.1 Å². The van der Waals surface area contributed by atoms with Gasteiger partial charge in [-0.2, -0.15) is 0 Å². The zero-order valence-electron chi connectivity index (χ0n) is 12.1. The third-order valence-corrected chi connectivity index (χ3v) is 3.33. The minimum Gasteiger partial charge on any atom is -0.355 e. The van der Waals surface area contributed by atoms with Gasteiger partial charge in [-0.3, -0.25) is 9.79 Å². The van der Waals surface area contributed by atoms with Crippen molar-refractivity contribution in [2.24, 2.45) is 4.99 Å². The average Bonchev–Trinajstić information content (AvgIpc) is 2.90. The van der Waals surface area contributed by atoms with Gasteiger partial charge in [-0.05, 0) is 24.5 Å². The fraction of sp³-hybridized carbons (Fsp3) is 0.467. The van der Waals surface area contributed by atoms with E-state index < -0.39 is 0 Å². The summed E-state index contributed by atoms with van der Waals surface area (Å²) in [7, 11) is 1.74. The number of aliphatic imine (C=N–C) groups is 1. The number of amides is 1. The topological polar surface area (TPSA) is 56.7 Å². The fourth-order valence-electron chi connectivity index (χ4n) is 2.34. The molecule has 0 saturated carbocycles. The second-order valence-corrected chi connectivity index (χ2v) is 4.78. The van der Waals surface area contributed by atoms with E-state index in [0.717, 1.165) is 25.3 Å². The van der Waals surface area contributed by atoms with E-state index in [-0.39, 0.29) is 12.5 Å². The number of fused-ring (bicyclic) bond motifs is 1. The molecule has 5 nitrogen and oxygen atoms in total. The van der Waals surface area contributed by atoms with E-state index in [1.165, 1.54) is 11.3 Å². The van der Waals surface area contributed by atoms with Crippen LogP contribution in [0.25, 0.3) is 0 Å². The average molecular weight is 274 g/mol. The van der Waals surface area contributed by atoms with Gasteiger partial charge in [-0.15, -0.1) is 0 Å². The number of para-hydroxylation sites is 1. The molecule has 0 radical (unpaired) electrons. The fourth-order valence-corrected chi connectivity index (χ4v) is 2.34. The van der Waals surface area contributed by atoms with Crippen molar-refractivity contribution in [3.63, 3.8) is 0 Å². The van der Waals surface area contributed by atoms with Crippen LogP contribution in [-0.4, -0.2) is 38.5 Å². The van der Waals surface area contributed by atoms with Gasteiger partial charge in [0, 0.05) is 25.8 Å². The quantitative estimate of drug-likeness (QED) is 0.640. The van der Waals surface area contributed by atoms with Crippen molar-refractivity contribution in [3.05, 3.63) is 29.8 Å². The Bertz CT molecular complexity index is 498. The Balaban J connectivity index is 1.95. The van der Waals surface area contributed by atoms with E-state index in [2.05, 4.69) is 38.7 Å². The van der Waals surface area contributed by atoms with Crippen LogP contribution in [-0.2, 0) is 11.2 Å². The first-order chi connectivity index (χ1) is 9.76. The highest BCUT2D eigenvalue weighted by molar-refractivity contribution is 5.99. The highest BCUT2D eigenvalue weighted by Crippen LogP contribution is 2.27. The number of carbonyl (C=O) groups is 1. The van der Waals surface area contributed by atoms with Gasteiger partial charge < -0.3 is 15.5 Å². The number of nitrogens with zero attached hydrogens (tertiary/aromatic N) is 2. The van der Waals surface area contributed by atoms with Crippen LogP contribution in [0.4, 0.5) is 5.69 Å². The molecule has 0 aliphatic carbocycles. The van der Waals surface area contributed by atoms with Crippen LogP contribution in [0.2, 0.25) is 0 Å². The van der Waals surface area contributed by atoms with Gasteiger partial charge in [0.15, 0.2) is 5.96 Å². The Morgan fingerprint density at radius 2 is 2.15 bits per heavy atom.